The molecule has 0 aromatic carbocycles. The number of halogens is 4. The van der Waals surface area contributed by atoms with Crippen molar-refractivity contribution in [2.45, 2.75) is 11.8 Å². The molecule has 0 bridgehead atoms. The minimum atomic E-state index is -4.96. The van der Waals surface area contributed by atoms with Crippen molar-refractivity contribution in [3.63, 3.8) is 0 Å². The molecule has 122 valence electrons. The SMILES string of the molecule is Cn1nc(C(=O)N2CC(O)(C(F)(F)F)c3cccnc32)cc1Cl. The number of carbonyl (C=O) groups is 1. The van der Waals surface area contributed by atoms with E-state index in [0.717, 1.165) is 11.0 Å². The van der Waals surface area contributed by atoms with E-state index in [1.165, 1.54) is 30.1 Å². The summed E-state index contributed by atoms with van der Waals surface area (Å²) in [7, 11) is 1.49. The van der Waals surface area contributed by atoms with E-state index in [9.17, 15) is 23.1 Å². The molecule has 1 aliphatic rings. The molecule has 1 atom stereocenters. The molecule has 1 amide bonds. The second-order valence-corrected chi connectivity index (χ2v) is 5.49. The van der Waals surface area contributed by atoms with Gasteiger partial charge in [0.15, 0.2) is 5.69 Å². The summed E-state index contributed by atoms with van der Waals surface area (Å²) in [6, 6.07) is 3.59. The van der Waals surface area contributed by atoms with Gasteiger partial charge in [0.25, 0.3) is 5.91 Å². The maximum atomic E-state index is 13.3. The number of rotatable bonds is 1. The van der Waals surface area contributed by atoms with Crippen LogP contribution in [0.4, 0.5) is 19.0 Å². The number of hydrogen-bond donors (Lipinski definition) is 1. The molecule has 10 heteroatoms. The molecule has 0 aliphatic carbocycles. The molecule has 2 aromatic rings. The van der Waals surface area contributed by atoms with Crippen LogP contribution in [0.3, 0.4) is 0 Å². The van der Waals surface area contributed by atoms with Gasteiger partial charge in [-0.1, -0.05) is 17.7 Å². The number of pyridine rings is 1. The van der Waals surface area contributed by atoms with E-state index in [1.54, 1.807) is 0 Å². The van der Waals surface area contributed by atoms with Gasteiger partial charge in [0, 0.05) is 24.9 Å². The Kier molecular flexibility index (Phi) is 3.38. The first-order valence-electron chi connectivity index (χ1n) is 6.41. The zero-order valence-corrected chi connectivity index (χ0v) is 12.4. The van der Waals surface area contributed by atoms with Crippen molar-refractivity contribution in [1.29, 1.82) is 0 Å². The highest BCUT2D eigenvalue weighted by Gasteiger charge is 2.61. The fraction of sp³-hybridized carbons (Fsp3) is 0.308. The molecule has 0 saturated carbocycles. The van der Waals surface area contributed by atoms with E-state index < -0.39 is 29.8 Å². The molecule has 1 unspecified atom stereocenters. The van der Waals surface area contributed by atoms with Crippen LogP contribution in [-0.4, -0.2) is 38.5 Å². The Bertz CT molecular complexity index is 772. The summed E-state index contributed by atoms with van der Waals surface area (Å²) >= 11 is 5.79. The van der Waals surface area contributed by atoms with Gasteiger partial charge in [-0.3, -0.25) is 14.4 Å². The molecule has 0 saturated heterocycles. The third-order valence-electron chi connectivity index (χ3n) is 3.63. The van der Waals surface area contributed by atoms with Gasteiger partial charge in [-0.2, -0.15) is 18.3 Å². The highest BCUT2D eigenvalue weighted by molar-refractivity contribution is 6.30. The number of nitrogens with zero attached hydrogens (tertiary/aromatic N) is 4. The van der Waals surface area contributed by atoms with Crippen molar-refractivity contribution in [2.24, 2.45) is 7.05 Å². The van der Waals surface area contributed by atoms with E-state index in [1.807, 2.05) is 0 Å². The largest absolute Gasteiger partial charge is 0.423 e. The van der Waals surface area contributed by atoms with Gasteiger partial charge in [-0.05, 0) is 6.07 Å². The predicted octanol–water partition coefficient (Wildman–Crippen LogP) is 1.88. The quantitative estimate of drug-likeness (QED) is 0.856. The maximum Gasteiger partial charge on any atom is 0.423 e. The Morgan fingerprint density at radius 2 is 2.17 bits per heavy atom. The number of alkyl halides is 3. The number of hydrogen-bond acceptors (Lipinski definition) is 4. The van der Waals surface area contributed by atoms with Crippen molar-refractivity contribution in [2.75, 3.05) is 11.4 Å². The number of fused-ring (bicyclic) bond motifs is 1. The molecule has 23 heavy (non-hydrogen) atoms. The van der Waals surface area contributed by atoms with Crippen LogP contribution in [0.25, 0.3) is 0 Å². The fourth-order valence-corrected chi connectivity index (χ4v) is 2.56. The minimum absolute atomic E-state index is 0.138. The van der Waals surface area contributed by atoms with Crippen molar-refractivity contribution in [1.82, 2.24) is 14.8 Å². The molecule has 0 radical (unpaired) electrons. The molecule has 0 spiro atoms. The highest BCUT2D eigenvalue weighted by Crippen LogP contribution is 2.47. The minimum Gasteiger partial charge on any atom is -0.375 e. The van der Waals surface area contributed by atoms with Gasteiger partial charge in [-0.15, -0.1) is 0 Å². The lowest BCUT2D eigenvalue weighted by atomic mass is 9.97. The number of aryl methyl sites for hydroxylation is 1. The summed E-state index contributed by atoms with van der Waals surface area (Å²) in [6.07, 6.45) is -3.71. The van der Waals surface area contributed by atoms with Crippen LogP contribution in [-0.2, 0) is 12.6 Å². The normalized spacial score (nSPS) is 20.7. The predicted molar refractivity (Wildman–Crippen MR) is 74.1 cm³/mol. The van der Waals surface area contributed by atoms with Crippen LogP contribution >= 0.6 is 11.6 Å². The van der Waals surface area contributed by atoms with Gasteiger partial charge in [0.05, 0.1) is 6.54 Å². The van der Waals surface area contributed by atoms with Crippen LogP contribution in [0.5, 0.6) is 0 Å². The zero-order chi connectivity index (χ0) is 17.0. The smallest absolute Gasteiger partial charge is 0.375 e. The first kappa shape index (κ1) is 15.8. The number of amides is 1. The van der Waals surface area contributed by atoms with Crippen molar-refractivity contribution in [3.05, 3.63) is 40.8 Å². The number of anilines is 1. The van der Waals surface area contributed by atoms with E-state index in [2.05, 4.69) is 10.1 Å². The van der Waals surface area contributed by atoms with Gasteiger partial charge in [0.2, 0.25) is 5.60 Å². The standard InChI is InChI=1S/C13H10ClF3N4O2/c1-20-9(14)5-8(19-20)11(22)21-6-12(23,13(15,16)17)7-3-2-4-18-10(7)21/h2-5,23H,6H2,1H3. The molecule has 3 heterocycles. The topological polar surface area (TPSA) is 71.2 Å². The summed E-state index contributed by atoms with van der Waals surface area (Å²) in [5, 5.41) is 14.1. The Morgan fingerprint density at radius 3 is 2.74 bits per heavy atom. The lowest BCUT2D eigenvalue weighted by Gasteiger charge is -2.26. The monoisotopic (exact) mass is 346 g/mol. The van der Waals surface area contributed by atoms with E-state index in [0.29, 0.717) is 0 Å². The van der Waals surface area contributed by atoms with Crippen LogP contribution in [0.1, 0.15) is 16.1 Å². The zero-order valence-electron chi connectivity index (χ0n) is 11.7. The third-order valence-corrected chi connectivity index (χ3v) is 3.98. The van der Waals surface area contributed by atoms with E-state index in [-0.39, 0.29) is 16.7 Å². The molecule has 3 rings (SSSR count). The second kappa shape index (κ2) is 4.93. The number of aliphatic hydroxyl groups is 1. The van der Waals surface area contributed by atoms with E-state index in [4.69, 9.17) is 11.6 Å². The first-order valence-corrected chi connectivity index (χ1v) is 6.79. The van der Waals surface area contributed by atoms with E-state index >= 15 is 0 Å². The Hall–Kier alpha value is -2.13. The number of β-amino-alcohol motifs (C(OH)–C–C–N with tert-alkyl or cyclic N) is 1. The molecule has 1 N–H and O–H groups in total. The van der Waals surface area contributed by atoms with Crippen molar-refractivity contribution in [3.8, 4) is 0 Å². The van der Waals surface area contributed by atoms with Crippen LogP contribution < -0.4 is 4.90 Å². The number of carbonyl (C=O) groups excluding carboxylic acids is 1. The lowest BCUT2D eigenvalue weighted by molar-refractivity contribution is -0.258. The molecular weight excluding hydrogens is 337 g/mol. The third kappa shape index (κ3) is 2.27. The maximum absolute atomic E-state index is 13.3. The highest BCUT2D eigenvalue weighted by atomic mass is 35.5. The van der Waals surface area contributed by atoms with Gasteiger partial charge >= 0.3 is 6.18 Å². The summed E-state index contributed by atoms with van der Waals surface area (Å²) < 4.78 is 41.0. The number of aromatic nitrogens is 3. The molecule has 0 fully saturated rings. The summed E-state index contributed by atoms with van der Waals surface area (Å²) in [6.45, 7) is -0.990. The average molecular weight is 347 g/mol. The van der Waals surface area contributed by atoms with Gasteiger partial charge in [-0.25, -0.2) is 4.98 Å². The van der Waals surface area contributed by atoms with Crippen LogP contribution in [0.15, 0.2) is 24.4 Å². The van der Waals surface area contributed by atoms with Gasteiger partial charge < -0.3 is 5.11 Å². The second-order valence-electron chi connectivity index (χ2n) is 5.10. The molecular formula is C13H10ClF3N4O2. The van der Waals surface area contributed by atoms with Crippen LogP contribution in [0.2, 0.25) is 5.15 Å². The summed E-state index contributed by atoms with van der Waals surface area (Å²) in [5.74, 6) is -1.08. The molecule has 1 aliphatic heterocycles. The summed E-state index contributed by atoms with van der Waals surface area (Å²) in [5.41, 5.74) is -3.78. The Balaban J connectivity index is 2.07. The fourth-order valence-electron chi connectivity index (χ4n) is 2.42. The lowest BCUT2D eigenvalue weighted by Crippen LogP contribution is -2.47. The van der Waals surface area contributed by atoms with Crippen molar-refractivity contribution < 1.29 is 23.1 Å². The Labute approximate surface area is 133 Å². The average Bonchev–Trinajstić information content (AvgIpc) is 2.98. The molecule has 6 nitrogen and oxygen atoms in total. The molecule has 2 aromatic heterocycles. The van der Waals surface area contributed by atoms with Gasteiger partial charge in [0.1, 0.15) is 11.0 Å². The first-order chi connectivity index (χ1) is 10.6. The Morgan fingerprint density at radius 1 is 1.48 bits per heavy atom. The van der Waals surface area contributed by atoms with Crippen molar-refractivity contribution >= 4 is 23.3 Å². The summed E-state index contributed by atoms with van der Waals surface area (Å²) in [4.78, 5) is 17.0. The van der Waals surface area contributed by atoms with Crippen LogP contribution in [0, 0.1) is 0 Å².